The summed E-state index contributed by atoms with van der Waals surface area (Å²) in [7, 11) is 0. The van der Waals surface area contributed by atoms with Crippen LogP contribution in [0.4, 0.5) is 22.0 Å². The Bertz CT molecular complexity index is 557. The first-order valence-corrected chi connectivity index (χ1v) is 9.00. The lowest BCUT2D eigenvalue weighted by Gasteiger charge is -2.29. The summed E-state index contributed by atoms with van der Waals surface area (Å²) >= 11 is 0. The zero-order chi connectivity index (χ0) is 18.4. The van der Waals surface area contributed by atoms with Crippen LogP contribution < -0.4 is 0 Å². The predicted molar refractivity (Wildman–Crippen MR) is 89.3 cm³/mol. The van der Waals surface area contributed by atoms with Crippen LogP contribution in [-0.2, 0) is 6.18 Å². The second kappa shape index (κ2) is 8.81. The number of rotatable bonds is 6. The third kappa shape index (κ3) is 5.55. The fraction of sp³-hybridized carbons (Fsp3) is 0.600. The SMILES string of the molecule is C/C=C/CCCCC1CCC(c2cc(F)c(C(F)(F)F)c(F)c2)CC1. The van der Waals surface area contributed by atoms with Crippen LogP contribution in [-0.4, -0.2) is 0 Å². The van der Waals surface area contributed by atoms with Crippen molar-refractivity contribution in [2.24, 2.45) is 5.92 Å². The van der Waals surface area contributed by atoms with Crippen LogP contribution >= 0.6 is 0 Å². The molecule has 5 heteroatoms. The van der Waals surface area contributed by atoms with Crippen LogP contribution in [0.15, 0.2) is 24.3 Å². The number of halogens is 5. The maximum absolute atomic E-state index is 13.7. The van der Waals surface area contributed by atoms with Crippen LogP contribution in [0.3, 0.4) is 0 Å². The molecule has 1 aromatic rings. The van der Waals surface area contributed by atoms with E-state index in [2.05, 4.69) is 6.08 Å². The molecule has 0 N–H and O–H groups in total. The van der Waals surface area contributed by atoms with Gasteiger partial charge in [0.1, 0.15) is 17.2 Å². The number of hydrogen-bond acceptors (Lipinski definition) is 0. The molecule has 1 saturated carbocycles. The molecule has 1 aliphatic rings. The molecule has 2 rings (SSSR count). The first-order chi connectivity index (χ1) is 11.8. The van der Waals surface area contributed by atoms with Crippen LogP contribution in [0.5, 0.6) is 0 Å². The molecule has 0 saturated heterocycles. The molecule has 0 aromatic heterocycles. The van der Waals surface area contributed by atoms with Gasteiger partial charge in [0.05, 0.1) is 0 Å². The van der Waals surface area contributed by atoms with E-state index in [0.717, 1.165) is 50.7 Å². The molecule has 0 heterocycles. The molecule has 0 unspecified atom stereocenters. The van der Waals surface area contributed by atoms with Crippen molar-refractivity contribution in [3.63, 3.8) is 0 Å². The van der Waals surface area contributed by atoms with Crippen molar-refractivity contribution in [1.29, 1.82) is 0 Å². The Morgan fingerprint density at radius 1 is 1.00 bits per heavy atom. The molecule has 0 aliphatic heterocycles. The third-order valence-electron chi connectivity index (χ3n) is 5.13. The number of alkyl halides is 3. The summed E-state index contributed by atoms with van der Waals surface area (Å²) in [6.07, 6.45) is 7.29. The Morgan fingerprint density at radius 3 is 2.12 bits per heavy atom. The highest BCUT2D eigenvalue weighted by molar-refractivity contribution is 5.30. The summed E-state index contributed by atoms with van der Waals surface area (Å²) in [6.45, 7) is 2.01. The fourth-order valence-corrected chi connectivity index (χ4v) is 3.75. The second-order valence-corrected chi connectivity index (χ2v) is 6.93. The average Bonchev–Trinajstić information content (AvgIpc) is 2.53. The van der Waals surface area contributed by atoms with Gasteiger partial charge in [0.2, 0.25) is 0 Å². The van der Waals surface area contributed by atoms with Gasteiger partial charge in [0.15, 0.2) is 0 Å². The molecule has 25 heavy (non-hydrogen) atoms. The predicted octanol–water partition coefficient (Wildman–Crippen LogP) is 7.39. The number of allylic oxidation sites excluding steroid dienone is 2. The lowest BCUT2D eigenvalue weighted by molar-refractivity contribution is -0.142. The van der Waals surface area contributed by atoms with E-state index in [0.29, 0.717) is 11.5 Å². The third-order valence-corrected chi connectivity index (χ3v) is 5.13. The monoisotopic (exact) mass is 360 g/mol. The van der Waals surface area contributed by atoms with Gasteiger partial charge in [-0.25, -0.2) is 8.78 Å². The lowest BCUT2D eigenvalue weighted by atomic mass is 9.77. The molecular weight excluding hydrogens is 335 g/mol. The highest BCUT2D eigenvalue weighted by Gasteiger charge is 2.38. The van der Waals surface area contributed by atoms with E-state index in [1.807, 2.05) is 13.0 Å². The van der Waals surface area contributed by atoms with Crippen LogP contribution in [0.2, 0.25) is 0 Å². The van der Waals surface area contributed by atoms with Gasteiger partial charge < -0.3 is 0 Å². The molecule has 1 aromatic carbocycles. The van der Waals surface area contributed by atoms with E-state index in [-0.39, 0.29) is 5.92 Å². The van der Waals surface area contributed by atoms with Crippen molar-refractivity contribution in [3.05, 3.63) is 47.0 Å². The van der Waals surface area contributed by atoms with E-state index in [4.69, 9.17) is 0 Å². The van der Waals surface area contributed by atoms with Gasteiger partial charge in [-0.05, 0) is 75.0 Å². The van der Waals surface area contributed by atoms with Crippen LogP contribution in [0, 0.1) is 17.6 Å². The molecule has 0 bridgehead atoms. The Balaban J connectivity index is 1.90. The highest BCUT2D eigenvalue weighted by atomic mass is 19.4. The summed E-state index contributed by atoms with van der Waals surface area (Å²) in [5, 5.41) is 0. The molecule has 1 fully saturated rings. The Hall–Kier alpha value is -1.39. The van der Waals surface area contributed by atoms with Gasteiger partial charge in [0.25, 0.3) is 0 Å². The van der Waals surface area contributed by atoms with Crippen molar-refractivity contribution in [1.82, 2.24) is 0 Å². The van der Waals surface area contributed by atoms with Gasteiger partial charge in [-0.2, -0.15) is 13.2 Å². The summed E-state index contributed by atoms with van der Waals surface area (Å²) in [6, 6.07) is 1.74. The molecule has 1 aliphatic carbocycles. The number of unbranched alkanes of at least 4 members (excludes halogenated alkanes) is 2. The van der Waals surface area contributed by atoms with Gasteiger partial charge in [-0.3, -0.25) is 0 Å². The average molecular weight is 360 g/mol. The Labute approximate surface area is 146 Å². The Morgan fingerprint density at radius 2 is 1.60 bits per heavy atom. The van der Waals surface area contributed by atoms with E-state index >= 15 is 0 Å². The maximum atomic E-state index is 13.7. The second-order valence-electron chi connectivity index (χ2n) is 6.93. The minimum absolute atomic E-state index is 0.0504. The fourth-order valence-electron chi connectivity index (χ4n) is 3.75. The van der Waals surface area contributed by atoms with E-state index < -0.39 is 23.4 Å². The van der Waals surface area contributed by atoms with Crippen molar-refractivity contribution in [3.8, 4) is 0 Å². The number of hydrogen-bond donors (Lipinski definition) is 0. The van der Waals surface area contributed by atoms with Crippen molar-refractivity contribution >= 4 is 0 Å². The Kier molecular flexibility index (Phi) is 7.03. The summed E-state index contributed by atoms with van der Waals surface area (Å²) in [4.78, 5) is 0. The first kappa shape index (κ1) is 19.9. The summed E-state index contributed by atoms with van der Waals surface area (Å²) < 4.78 is 65.4. The van der Waals surface area contributed by atoms with Crippen molar-refractivity contribution < 1.29 is 22.0 Å². The van der Waals surface area contributed by atoms with Crippen molar-refractivity contribution in [2.45, 2.75) is 70.4 Å². The minimum atomic E-state index is -5.00. The summed E-state index contributed by atoms with van der Waals surface area (Å²) in [5.41, 5.74) is -1.43. The van der Waals surface area contributed by atoms with Gasteiger partial charge >= 0.3 is 6.18 Å². The molecule has 0 spiro atoms. The zero-order valence-electron chi connectivity index (χ0n) is 14.5. The normalized spacial score (nSPS) is 21.8. The van der Waals surface area contributed by atoms with Crippen LogP contribution in [0.25, 0.3) is 0 Å². The molecule has 0 nitrogen and oxygen atoms in total. The smallest absolute Gasteiger partial charge is 0.206 e. The molecule has 0 radical (unpaired) electrons. The standard InChI is InChI=1S/C20H25F5/c1-2-3-4-5-6-7-14-8-10-15(11-9-14)16-12-17(21)19(18(22)13-16)20(23,24)25/h2-3,12-15H,4-11H2,1H3/b3-2+. The van der Waals surface area contributed by atoms with Gasteiger partial charge in [0, 0.05) is 0 Å². The quantitative estimate of drug-likeness (QED) is 0.282. The van der Waals surface area contributed by atoms with Gasteiger partial charge in [-0.15, -0.1) is 0 Å². The molecule has 0 amide bonds. The van der Waals surface area contributed by atoms with E-state index in [9.17, 15) is 22.0 Å². The minimum Gasteiger partial charge on any atom is -0.206 e. The lowest BCUT2D eigenvalue weighted by Crippen LogP contribution is -2.16. The van der Waals surface area contributed by atoms with Crippen LogP contribution in [0.1, 0.15) is 75.3 Å². The number of benzene rings is 1. The molecule has 0 atom stereocenters. The molecular formula is C20H25F5. The summed E-state index contributed by atoms with van der Waals surface area (Å²) in [5.74, 6) is -2.45. The largest absolute Gasteiger partial charge is 0.422 e. The maximum Gasteiger partial charge on any atom is 0.422 e. The topological polar surface area (TPSA) is 0 Å². The zero-order valence-corrected chi connectivity index (χ0v) is 14.5. The first-order valence-electron chi connectivity index (χ1n) is 9.00. The van der Waals surface area contributed by atoms with E-state index in [1.165, 1.54) is 12.8 Å². The van der Waals surface area contributed by atoms with Crippen molar-refractivity contribution in [2.75, 3.05) is 0 Å². The van der Waals surface area contributed by atoms with E-state index in [1.54, 1.807) is 0 Å². The highest BCUT2D eigenvalue weighted by Crippen LogP contribution is 2.40. The van der Waals surface area contributed by atoms with Gasteiger partial charge in [-0.1, -0.05) is 25.0 Å². The molecule has 140 valence electrons.